The van der Waals surface area contributed by atoms with Gasteiger partial charge in [-0.1, -0.05) is 12.5 Å². The molecule has 2 N–H and O–H groups in total. The molecule has 2 saturated carbocycles. The second-order valence-corrected chi connectivity index (χ2v) is 6.94. The van der Waals surface area contributed by atoms with E-state index < -0.39 is 0 Å². The van der Waals surface area contributed by atoms with Crippen molar-refractivity contribution in [3.63, 3.8) is 0 Å². The first-order valence-electron chi connectivity index (χ1n) is 7.26. The van der Waals surface area contributed by atoms with Crippen LogP contribution in [0.25, 0.3) is 0 Å². The lowest BCUT2D eigenvalue weighted by Crippen LogP contribution is -2.40. The molecule has 2 nitrogen and oxygen atoms in total. The molecule has 2 fully saturated rings. The molecule has 3 rings (SSSR count). The molecule has 0 radical (unpaired) electrons. The van der Waals surface area contributed by atoms with Crippen LogP contribution < -0.4 is 5.73 Å². The lowest BCUT2D eigenvalue weighted by atomic mass is 9.99. The van der Waals surface area contributed by atoms with Gasteiger partial charge in [0.05, 0.1) is 0 Å². The predicted molar refractivity (Wildman–Crippen MR) is 77.7 cm³/mol. The van der Waals surface area contributed by atoms with Crippen molar-refractivity contribution in [1.29, 1.82) is 0 Å². The van der Waals surface area contributed by atoms with Gasteiger partial charge in [0.2, 0.25) is 0 Å². The molecule has 1 heterocycles. The predicted octanol–water partition coefficient (Wildman–Crippen LogP) is 3.26. The lowest BCUT2D eigenvalue weighted by Gasteiger charge is -2.36. The van der Waals surface area contributed by atoms with Crippen molar-refractivity contribution >= 4 is 11.3 Å². The number of rotatable bonds is 5. The Morgan fingerprint density at radius 1 is 1.39 bits per heavy atom. The molecule has 0 aliphatic heterocycles. The third kappa shape index (κ3) is 2.36. The maximum atomic E-state index is 5.95. The van der Waals surface area contributed by atoms with Gasteiger partial charge < -0.3 is 5.73 Å². The summed E-state index contributed by atoms with van der Waals surface area (Å²) in [7, 11) is 2.33. The standard InChI is InChI=1S/C15H24N2S/c1-17(13-5-2-4-12(13)10-16)15(11-7-8-11)14-6-3-9-18-14/h3,6,9,11-13,15H,2,4-5,7-8,10,16H2,1H3. The van der Waals surface area contributed by atoms with E-state index in [0.717, 1.165) is 18.4 Å². The fraction of sp³-hybridized carbons (Fsp3) is 0.733. The third-order valence-corrected chi connectivity index (χ3v) is 5.73. The van der Waals surface area contributed by atoms with E-state index in [1.807, 2.05) is 11.3 Å². The van der Waals surface area contributed by atoms with Crippen molar-refractivity contribution in [1.82, 2.24) is 4.90 Å². The molecule has 2 aliphatic carbocycles. The first-order valence-corrected chi connectivity index (χ1v) is 8.14. The molecule has 1 aromatic rings. The summed E-state index contributed by atoms with van der Waals surface area (Å²) in [6.45, 7) is 0.858. The second-order valence-electron chi connectivity index (χ2n) is 5.96. The van der Waals surface area contributed by atoms with Gasteiger partial charge in [-0.3, -0.25) is 4.90 Å². The summed E-state index contributed by atoms with van der Waals surface area (Å²) >= 11 is 1.92. The van der Waals surface area contributed by atoms with Gasteiger partial charge in [0, 0.05) is 17.0 Å². The number of thiophene rings is 1. The van der Waals surface area contributed by atoms with Crippen molar-refractivity contribution < 1.29 is 0 Å². The van der Waals surface area contributed by atoms with Crippen LogP contribution in [-0.2, 0) is 0 Å². The SMILES string of the molecule is CN(C1CCCC1CN)C(c1cccs1)C1CC1. The molecular weight excluding hydrogens is 240 g/mol. The highest BCUT2D eigenvalue weighted by Gasteiger charge is 2.40. The summed E-state index contributed by atoms with van der Waals surface area (Å²) in [6.07, 6.45) is 6.85. The summed E-state index contributed by atoms with van der Waals surface area (Å²) in [5.74, 6) is 1.61. The van der Waals surface area contributed by atoms with E-state index in [1.54, 1.807) is 4.88 Å². The summed E-state index contributed by atoms with van der Waals surface area (Å²) < 4.78 is 0. The molecule has 0 saturated heterocycles. The average molecular weight is 264 g/mol. The van der Waals surface area contributed by atoms with Gasteiger partial charge in [-0.05, 0) is 62.6 Å². The minimum Gasteiger partial charge on any atom is -0.330 e. The Bertz CT molecular complexity index is 372. The van der Waals surface area contributed by atoms with Gasteiger partial charge in [-0.2, -0.15) is 0 Å². The Labute approximate surface area is 114 Å². The first kappa shape index (κ1) is 12.6. The van der Waals surface area contributed by atoms with Crippen LogP contribution >= 0.6 is 11.3 Å². The molecule has 0 bridgehead atoms. The third-order valence-electron chi connectivity index (χ3n) is 4.79. The van der Waals surface area contributed by atoms with Crippen LogP contribution in [0.1, 0.15) is 43.0 Å². The van der Waals surface area contributed by atoms with Crippen LogP contribution in [0.15, 0.2) is 17.5 Å². The summed E-state index contributed by atoms with van der Waals surface area (Å²) in [4.78, 5) is 4.22. The largest absolute Gasteiger partial charge is 0.330 e. The molecule has 3 heteroatoms. The molecule has 0 aromatic carbocycles. The molecule has 2 aliphatic rings. The number of hydrogen-bond donors (Lipinski definition) is 1. The summed E-state index contributed by atoms with van der Waals surface area (Å²) in [5.41, 5.74) is 5.95. The van der Waals surface area contributed by atoms with Gasteiger partial charge in [0.1, 0.15) is 0 Å². The quantitative estimate of drug-likeness (QED) is 0.884. The zero-order valence-corrected chi connectivity index (χ0v) is 12.0. The molecule has 3 atom stereocenters. The number of hydrogen-bond acceptors (Lipinski definition) is 3. The lowest BCUT2D eigenvalue weighted by molar-refractivity contribution is 0.129. The molecular formula is C15H24N2S. The highest BCUT2D eigenvalue weighted by Crippen LogP contribution is 2.47. The normalized spacial score (nSPS) is 29.9. The van der Waals surface area contributed by atoms with Gasteiger partial charge in [-0.25, -0.2) is 0 Å². The fourth-order valence-electron chi connectivity index (χ4n) is 3.67. The van der Waals surface area contributed by atoms with E-state index in [1.165, 1.54) is 32.1 Å². The van der Waals surface area contributed by atoms with E-state index in [-0.39, 0.29) is 0 Å². The van der Waals surface area contributed by atoms with E-state index in [4.69, 9.17) is 5.73 Å². The first-order chi connectivity index (χ1) is 8.81. The van der Waals surface area contributed by atoms with Crippen molar-refractivity contribution in [2.75, 3.05) is 13.6 Å². The van der Waals surface area contributed by atoms with Gasteiger partial charge in [-0.15, -0.1) is 11.3 Å². The van der Waals surface area contributed by atoms with E-state index >= 15 is 0 Å². The monoisotopic (exact) mass is 264 g/mol. The topological polar surface area (TPSA) is 29.3 Å². The summed E-state index contributed by atoms with van der Waals surface area (Å²) in [6, 6.07) is 5.87. The Kier molecular flexibility index (Phi) is 3.73. The molecule has 3 unspecified atom stereocenters. The molecule has 0 amide bonds. The molecule has 1 aromatic heterocycles. The van der Waals surface area contributed by atoms with Crippen molar-refractivity contribution in [2.45, 2.75) is 44.2 Å². The van der Waals surface area contributed by atoms with Gasteiger partial charge in [0.25, 0.3) is 0 Å². The van der Waals surface area contributed by atoms with Crippen molar-refractivity contribution in [3.05, 3.63) is 22.4 Å². The highest BCUT2D eigenvalue weighted by molar-refractivity contribution is 7.10. The average Bonchev–Trinajstić information content (AvgIpc) is 2.91. The van der Waals surface area contributed by atoms with E-state index in [2.05, 4.69) is 29.5 Å². The molecule has 0 spiro atoms. The number of nitrogens with two attached hydrogens (primary N) is 1. The fourth-order valence-corrected chi connectivity index (χ4v) is 4.64. The van der Waals surface area contributed by atoms with Crippen LogP contribution in [0.2, 0.25) is 0 Å². The zero-order valence-electron chi connectivity index (χ0n) is 11.2. The maximum absolute atomic E-state index is 5.95. The van der Waals surface area contributed by atoms with Crippen LogP contribution in [0.3, 0.4) is 0 Å². The Morgan fingerprint density at radius 3 is 2.83 bits per heavy atom. The highest BCUT2D eigenvalue weighted by atomic mass is 32.1. The smallest absolute Gasteiger partial charge is 0.0469 e. The van der Waals surface area contributed by atoms with Crippen molar-refractivity contribution in [3.8, 4) is 0 Å². The zero-order chi connectivity index (χ0) is 12.5. The minimum atomic E-state index is 0.655. The van der Waals surface area contributed by atoms with Crippen LogP contribution in [-0.4, -0.2) is 24.5 Å². The molecule has 18 heavy (non-hydrogen) atoms. The van der Waals surface area contributed by atoms with Crippen LogP contribution in [0.4, 0.5) is 0 Å². The van der Waals surface area contributed by atoms with Crippen LogP contribution in [0.5, 0.6) is 0 Å². The second kappa shape index (κ2) is 5.32. The van der Waals surface area contributed by atoms with Gasteiger partial charge in [0.15, 0.2) is 0 Å². The molecule has 100 valence electrons. The Hall–Kier alpha value is -0.380. The maximum Gasteiger partial charge on any atom is 0.0469 e. The van der Waals surface area contributed by atoms with E-state index in [0.29, 0.717) is 12.1 Å². The van der Waals surface area contributed by atoms with Crippen LogP contribution in [0, 0.1) is 11.8 Å². The Morgan fingerprint density at radius 2 is 2.22 bits per heavy atom. The Balaban J connectivity index is 1.78. The number of nitrogens with zero attached hydrogens (tertiary/aromatic N) is 1. The minimum absolute atomic E-state index is 0.655. The van der Waals surface area contributed by atoms with Gasteiger partial charge >= 0.3 is 0 Å². The van der Waals surface area contributed by atoms with Crippen molar-refractivity contribution in [2.24, 2.45) is 17.6 Å². The van der Waals surface area contributed by atoms with E-state index in [9.17, 15) is 0 Å². The summed E-state index contributed by atoms with van der Waals surface area (Å²) in [5, 5.41) is 2.22.